The number of rotatable bonds is 5. The molecule has 2 aromatic rings. The molecule has 0 aromatic carbocycles. The summed E-state index contributed by atoms with van der Waals surface area (Å²) >= 11 is 2.15. The Morgan fingerprint density at radius 1 is 1.09 bits per heavy atom. The van der Waals surface area contributed by atoms with Crippen molar-refractivity contribution in [3.63, 3.8) is 0 Å². The summed E-state index contributed by atoms with van der Waals surface area (Å²) in [4.78, 5) is 26.5. The fourth-order valence-corrected chi connectivity index (χ4v) is 7.29. The number of hydrogen-bond donors (Lipinski definition) is 2. The summed E-state index contributed by atoms with van der Waals surface area (Å²) in [7, 11) is 0. The second-order valence-corrected chi connectivity index (χ2v) is 10.8. The number of hydrogen-bond acceptors (Lipinski definition) is 5. The van der Waals surface area contributed by atoms with Gasteiger partial charge in [-0.2, -0.15) is 13.2 Å². The van der Waals surface area contributed by atoms with Crippen LogP contribution in [-0.4, -0.2) is 18.6 Å². The number of carbonyl (C=O) groups is 2. The van der Waals surface area contributed by atoms with E-state index in [-0.39, 0.29) is 18.7 Å². The van der Waals surface area contributed by atoms with Gasteiger partial charge in [-0.15, -0.1) is 22.7 Å². The monoisotopic (exact) mass is 500 g/mol. The van der Waals surface area contributed by atoms with Gasteiger partial charge in [-0.3, -0.25) is 5.32 Å². The van der Waals surface area contributed by atoms with Gasteiger partial charge in [0.1, 0.15) is 9.88 Å². The summed E-state index contributed by atoms with van der Waals surface area (Å²) in [6, 6.07) is -0.629. The third-order valence-corrected chi connectivity index (χ3v) is 8.73. The Hall–Kier alpha value is -2.07. The number of nitrogens with one attached hydrogen (secondary N) is 2. The SMILES string of the molecule is CCOC(=O)c1c(NC(=O)NCc2c(C(F)(F)F)sc3c2CCCC3)sc2c1CCC(C)C2. The Labute approximate surface area is 198 Å². The molecule has 1 atom stereocenters. The maximum atomic E-state index is 13.6. The van der Waals surface area contributed by atoms with Crippen LogP contribution in [0.2, 0.25) is 0 Å². The van der Waals surface area contributed by atoms with E-state index in [1.54, 1.807) is 6.92 Å². The van der Waals surface area contributed by atoms with E-state index in [0.717, 1.165) is 64.3 Å². The number of ether oxygens (including phenoxy) is 1. The summed E-state index contributed by atoms with van der Waals surface area (Å²) in [6.07, 6.45) is 1.05. The number of fused-ring (bicyclic) bond motifs is 2. The van der Waals surface area contributed by atoms with Gasteiger partial charge in [0.25, 0.3) is 0 Å². The third kappa shape index (κ3) is 5.06. The van der Waals surface area contributed by atoms with Crippen LogP contribution in [0.25, 0.3) is 0 Å². The lowest BCUT2D eigenvalue weighted by Gasteiger charge is -2.18. The van der Waals surface area contributed by atoms with E-state index in [4.69, 9.17) is 4.74 Å². The van der Waals surface area contributed by atoms with Crippen LogP contribution in [0, 0.1) is 5.92 Å². The molecular weight excluding hydrogens is 473 g/mol. The number of carbonyl (C=O) groups excluding carboxylic acids is 2. The maximum Gasteiger partial charge on any atom is 0.425 e. The molecule has 0 radical (unpaired) electrons. The Morgan fingerprint density at radius 2 is 1.85 bits per heavy atom. The third-order valence-electron chi connectivity index (χ3n) is 6.18. The van der Waals surface area contributed by atoms with Crippen molar-refractivity contribution >= 4 is 39.7 Å². The molecule has 0 bridgehead atoms. The molecule has 2 N–H and O–H groups in total. The standard InChI is InChI=1S/C23H27F3N2O3S2/c1-3-31-21(29)18-14-9-8-12(2)10-17(14)33-20(18)28-22(30)27-11-15-13-6-4-5-7-16(13)32-19(15)23(24,25)26/h12H,3-11H2,1-2H3,(H2,27,28,30). The normalized spacial score (nSPS) is 17.8. The van der Waals surface area contributed by atoms with Gasteiger partial charge >= 0.3 is 18.2 Å². The number of thiophene rings is 2. The molecule has 2 aromatic heterocycles. The summed E-state index contributed by atoms with van der Waals surface area (Å²) < 4.78 is 46.1. The van der Waals surface area contributed by atoms with Crippen LogP contribution in [0.1, 0.15) is 74.8 Å². The molecular formula is C23H27F3N2O3S2. The number of anilines is 1. The lowest BCUT2D eigenvalue weighted by molar-refractivity contribution is -0.135. The highest BCUT2D eigenvalue weighted by Crippen LogP contribution is 2.43. The highest BCUT2D eigenvalue weighted by atomic mass is 32.1. The molecule has 2 heterocycles. The van der Waals surface area contributed by atoms with E-state index in [1.165, 1.54) is 11.3 Å². The van der Waals surface area contributed by atoms with Crippen LogP contribution in [0.15, 0.2) is 0 Å². The first-order chi connectivity index (χ1) is 15.7. The van der Waals surface area contributed by atoms with Crippen LogP contribution < -0.4 is 10.6 Å². The molecule has 2 amide bonds. The highest BCUT2D eigenvalue weighted by Gasteiger charge is 2.38. The largest absolute Gasteiger partial charge is 0.462 e. The van der Waals surface area contributed by atoms with Gasteiger partial charge in [0.05, 0.1) is 12.2 Å². The van der Waals surface area contributed by atoms with Crippen LogP contribution in [-0.2, 0) is 43.1 Å². The fraction of sp³-hybridized carbons (Fsp3) is 0.565. The Bertz CT molecular complexity index is 1060. The summed E-state index contributed by atoms with van der Waals surface area (Å²) in [6.45, 7) is 3.88. The van der Waals surface area contributed by atoms with Gasteiger partial charge in [0.2, 0.25) is 0 Å². The zero-order chi connectivity index (χ0) is 23.8. The van der Waals surface area contributed by atoms with E-state index in [9.17, 15) is 22.8 Å². The molecule has 0 spiro atoms. The number of aryl methyl sites for hydroxylation is 1. The van der Waals surface area contributed by atoms with Gasteiger partial charge in [0, 0.05) is 16.3 Å². The zero-order valence-corrected chi connectivity index (χ0v) is 20.2. The number of halogens is 3. The molecule has 4 rings (SSSR count). The van der Waals surface area contributed by atoms with E-state index in [2.05, 4.69) is 17.6 Å². The smallest absolute Gasteiger partial charge is 0.425 e. The van der Waals surface area contributed by atoms with Crippen molar-refractivity contribution in [1.29, 1.82) is 0 Å². The molecule has 180 valence electrons. The first-order valence-corrected chi connectivity index (χ1v) is 12.9. The molecule has 1 unspecified atom stereocenters. The first kappa shape index (κ1) is 24.1. The van der Waals surface area contributed by atoms with Gasteiger partial charge in [-0.05, 0) is 74.5 Å². The van der Waals surface area contributed by atoms with Crippen molar-refractivity contribution in [2.24, 2.45) is 5.92 Å². The minimum atomic E-state index is -4.45. The minimum absolute atomic E-state index is 0.169. The molecule has 33 heavy (non-hydrogen) atoms. The fourth-order valence-electron chi connectivity index (χ4n) is 4.62. The van der Waals surface area contributed by atoms with Crippen molar-refractivity contribution in [2.75, 3.05) is 11.9 Å². The number of esters is 1. The quantitative estimate of drug-likeness (QED) is 0.472. The van der Waals surface area contributed by atoms with Crippen molar-refractivity contribution in [2.45, 2.75) is 71.5 Å². The lowest BCUT2D eigenvalue weighted by Crippen LogP contribution is -2.29. The Balaban J connectivity index is 1.54. The lowest BCUT2D eigenvalue weighted by atomic mass is 9.88. The summed E-state index contributed by atoms with van der Waals surface area (Å²) in [5, 5.41) is 5.70. The molecule has 5 nitrogen and oxygen atoms in total. The zero-order valence-electron chi connectivity index (χ0n) is 18.6. The van der Waals surface area contributed by atoms with Crippen molar-refractivity contribution in [3.05, 3.63) is 36.9 Å². The van der Waals surface area contributed by atoms with E-state index >= 15 is 0 Å². The molecule has 10 heteroatoms. The van der Waals surface area contributed by atoms with Crippen molar-refractivity contribution in [1.82, 2.24) is 5.32 Å². The van der Waals surface area contributed by atoms with E-state index in [0.29, 0.717) is 29.3 Å². The predicted octanol–water partition coefficient (Wildman–Crippen LogP) is 6.33. The molecule has 0 aliphatic heterocycles. The molecule has 2 aliphatic rings. The molecule has 0 fully saturated rings. The predicted molar refractivity (Wildman–Crippen MR) is 123 cm³/mol. The first-order valence-electron chi connectivity index (χ1n) is 11.3. The number of alkyl halides is 3. The second kappa shape index (κ2) is 9.66. The van der Waals surface area contributed by atoms with Gasteiger partial charge in [-0.1, -0.05) is 6.92 Å². The molecule has 0 saturated heterocycles. The number of urea groups is 1. The van der Waals surface area contributed by atoms with Crippen LogP contribution in [0.5, 0.6) is 0 Å². The minimum Gasteiger partial charge on any atom is -0.462 e. The van der Waals surface area contributed by atoms with Gasteiger partial charge in [-0.25, -0.2) is 9.59 Å². The highest BCUT2D eigenvalue weighted by molar-refractivity contribution is 7.17. The maximum absolute atomic E-state index is 13.6. The summed E-state index contributed by atoms with van der Waals surface area (Å²) in [5.74, 6) is 0.00421. The average Bonchev–Trinajstić information content (AvgIpc) is 3.30. The number of amides is 2. The Morgan fingerprint density at radius 3 is 2.58 bits per heavy atom. The van der Waals surface area contributed by atoms with Crippen molar-refractivity contribution in [3.8, 4) is 0 Å². The molecule has 2 aliphatic carbocycles. The van der Waals surface area contributed by atoms with Gasteiger partial charge < -0.3 is 10.1 Å². The van der Waals surface area contributed by atoms with E-state index < -0.39 is 23.1 Å². The van der Waals surface area contributed by atoms with Crippen LogP contribution >= 0.6 is 22.7 Å². The van der Waals surface area contributed by atoms with Crippen LogP contribution in [0.3, 0.4) is 0 Å². The Kier molecular flexibility index (Phi) is 7.04. The second-order valence-electron chi connectivity index (χ2n) is 8.60. The van der Waals surface area contributed by atoms with Crippen LogP contribution in [0.4, 0.5) is 23.0 Å². The van der Waals surface area contributed by atoms with E-state index in [1.807, 2.05) is 0 Å². The topological polar surface area (TPSA) is 67.4 Å². The molecule has 0 saturated carbocycles. The summed E-state index contributed by atoms with van der Waals surface area (Å²) in [5.41, 5.74) is 2.19. The van der Waals surface area contributed by atoms with Gasteiger partial charge in [0.15, 0.2) is 0 Å². The van der Waals surface area contributed by atoms with Crippen molar-refractivity contribution < 1.29 is 27.5 Å². The average molecular weight is 501 g/mol.